The van der Waals surface area contributed by atoms with Gasteiger partial charge < -0.3 is 4.84 Å². The summed E-state index contributed by atoms with van der Waals surface area (Å²) >= 11 is 5.19. The number of hydrogen-bond acceptors (Lipinski definition) is 8. The van der Waals surface area contributed by atoms with Gasteiger partial charge >= 0.3 is 0 Å². The third kappa shape index (κ3) is 3.44. The van der Waals surface area contributed by atoms with Gasteiger partial charge in [-0.25, -0.2) is 9.97 Å². The van der Waals surface area contributed by atoms with E-state index in [1.165, 1.54) is 4.21 Å². The Morgan fingerprint density at radius 2 is 2.23 bits per heavy atom. The molecule has 4 heterocycles. The van der Waals surface area contributed by atoms with E-state index in [2.05, 4.69) is 16.7 Å². The Morgan fingerprint density at radius 1 is 1.31 bits per heavy atom. The zero-order valence-corrected chi connectivity index (χ0v) is 16.6. The minimum atomic E-state index is 0.408. The molecule has 0 unspecified atom stereocenters. The van der Waals surface area contributed by atoms with Crippen molar-refractivity contribution in [2.75, 3.05) is 12.4 Å². The molecule has 3 aromatic rings. The molecule has 1 aliphatic rings. The lowest BCUT2D eigenvalue weighted by Gasteiger charge is -2.10. The number of rotatable bonds is 5. The smallest absolute Gasteiger partial charge is 0.137 e. The van der Waals surface area contributed by atoms with E-state index in [-0.39, 0.29) is 0 Å². The normalized spacial score (nSPS) is 15.0. The van der Waals surface area contributed by atoms with E-state index in [1.54, 1.807) is 34.9 Å². The lowest BCUT2D eigenvalue weighted by Crippen LogP contribution is -2.09. The fourth-order valence-electron chi connectivity index (χ4n) is 2.51. The molecule has 0 aliphatic carbocycles. The van der Waals surface area contributed by atoms with E-state index in [1.807, 2.05) is 37.0 Å². The number of thiazole rings is 2. The quantitative estimate of drug-likeness (QED) is 0.341. The standard InChI is InChI=1S/C18H16N4OS3/c1-3-8-23-22-13-6-9-24-18-14(13)21-17(26-18)15-11(2)20-16(25-15)12-5-4-7-19-10-12/h3-5,7,10H,1,6,8-9H2,2H3/b22-13+. The Hall–Kier alpha value is -2.03. The Balaban J connectivity index is 1.69. The minimum absolute atomic E-state index is 0.408. The second kappa shape index (κ2) is 7.69. The summed E-state index contributed by atoms with van der Waals surface area (Å²) in [5.41, 5.74) is 3.88. The second-order valence-corrected chi connectivity index (χ2v) is 8.91. The van der Waals surface area contributed by atoms with Crippen molar-refractivity contribution in [1.29, 1.82) is 0 Å². The van der Waals surface area contributed by atoms with Crippen LogP contribution in [0.25, 0.3) is 20.5 Å². The van der Waals surface area contributed by atoms with Crippen LogP contribution in [0.5, 0.6) is 0 Å². The third-order valence-electron chi connectivity index (χ3n) is 3.71. The summed E-state index contributed by atoms with van der Waals surface area (Å²) in [7, 11) is 0. The van der Waals surface area contributed by atoms with Crippen molar-refractivity contribution < 1.29 is 4.84 Å². The fourth-order valence-corrected chi connectivity index (χ4v) is 6.01. The molecule has 0 radical (unpaired) electrons. The van der Waals surface area contributed by atoms with Crippen molar-refractivity contribution in [3.8, 4) is 20.5 Å². The highest BCUT2D eigenvalue weighted by molar-refractivity contribution is 8.01. The van der Waals surface area contributed by atoms with Gasteiger partial charge in [0.1, 0.15) is 28.0 Å². The molecule has 0 aromatic carbocycles. The molecule has 4 rings (SSSR count). The highest BCUT2D eigenvalue weighted by atomic mass is 32.2. The number of hydrogen-bond donors (Lipinski definition) is 0. The maximum Gasteiger partial charge on any atom is 0.137 e. The predicted molar refractivity (Wildman–Crippen MR) is 109 cm³/mol. The Morgan fingerprint density at radius 3 is 3.04 bits per heavy atom. The van der Waals surface area contributed by atoms with Gasteiger partial charge in [-0.3, -0.25) is 4.98 Å². The molecule has 0 spiro atoms. The summed E-state index contributed by atoms with van der Waals surface area (Å²) in [5, 5.41) is 6.21. The van der Waals surface area contributed by atoms with Crippen LogP contribution < -0.4 is 0 Å². The number of pyridine rings is 1. The summed E-state index contributed by atoms with van der Waals surface area (Å²) in [6.45, 7) is 6.08. The van der Waals surface area contributed by atoms with Gasteiger partial charge in [0.2, 0.25) is 0 Å². The van der Waals surface area contributed by atoms with E-state index < -0.39 is 0 Å². The maximum absolute atomic E-state index is 5.29. The van der Waals surface area contributed by atoms with Gasteiger partial charge in [-0.2, -0.15) is 0 Å². The molecule has 0 N–H and O–H groups in total. The van der Waals surface area contributed by atoms with Gasteiger partial charge in [0.15, 0.2) is 0 Å². The highest BCUT2D eigenvalue weighted by Gasteiger charge is 2.24. The first-order valence-electron chi connectivity index (χ1n) is 8.08. The first-order chi connectivity index (χ1) is 12.8. The van der Waals surface area contributed by atoms with Gasteiger partial charge in [-0.1, -0.05) is 17.8 Å². The number of nitrogens with zero attached hydrogens (tertiary/aromatic N) is 4. The molecule has 0 saturated carbocycles. The van der Waals surface area contributed by atoms with Crippen LogP contribution in [0.4, 0.5) is 0 Å². The summed E-state index contributed by atoms with van der Waals surface area (Å²) < 4.78 is 1.20. The summed E-state index contributed by atoms with van der Waals surface area (Å²) in [4.78, 5) is 20.2. The van der Waals surface area contributed by atoms with Crippen LogP contribution in [0.2, 0.25) is 0 Å². The van der Waals surface area contributed by atoms with E-state index >= 15 is 0 Å². The van der Waals surface area contributed by atoms with Gasteiger partial charge in [0.25, 0.3) is 0 Å². The van der Waals surface area contributed by atoms with Crippen molar-refractivity contribution in [2.45, 2.75) is 17.6 Å². The molecule has 0 fully saturated rings. The minimum Gasteiger partial charge on any atom is -0.391 e. The van der Waals surface area contributed by atoms with E-state index in [4.69, 9.17) is 14.8 Å². The van der Waals surface area contributed by atoms with Crippen LogP contribution in [0.3, 0.4) is 0 Å². The van der Waals surface area contributed by atoms with Crippen molar-refractivity contribution in [1.82, 2.24) is 15.0 Å². The molecule has 8 heteroatoms. The van der Waals surface area contributed by atoms with Crippen LogP contribution >= 0.6 is 34.4 Å². The van der Waals surface area contributed by atoms with Crippen LogP contribution in [-0.4, -0.2) is 33.0 Å². The first kappa shape index (κ1) is 17.4. The zero-order chi connectivity index (χ0) is 17.9. The Bertz CT molecular complexity index is 962. The summed E-state index contributed by atoms with van der Waals surface area (Å²) in [6, 6.07) is 3.95. The lowest BCUT2D eigenvalue weighted by molar-refractivity contribution is 0.174. The van der Waals surface area contributed by atoms with Crippen LogP contribution in [0, 0.1) is 6.92 Å². The SMILES string of the molecule is C=CCO/N=C1\CCSc2sc(-c3sc(-c4cccnc4)nc3C)nc21. The second-order valence-electron chi connectivity index (χ2n) is 5.55. The molecule has 0 saturated heterocycles. The largest absolute Gasteiger partial charge is 0.391 e. The molecule has 0 amide bonds. The molecular weight excluding hydrogens is 384 g/mol. The number of fused-ring (bicyclic) bond motifs is 1. The topological polar surface area (TPSA) is 60.3 Å². The van der Waals surface area contributed by atoms with Crippen LogP contribution in [0.1, 0.15) is 17.8 Å². The maximum atomic E-state index is 5.29. The van der Waals surface area contributed by atoms with Crippen molar-refractivity contribution in [3.05, 3.63) is 48.6 Å². The molecule has 0 bridgehead atoms. The zero-order valence-electron chi connectivity index (χ0n) is 14.1. The Kier molecular flexibility index (Phi) is 5.14. The summed E-state index contributed by atoms with van der Waals surface area (Å²) in [6.07, 6.45) is 6.16. The highest BCUT2D eigenvalue weighted by Crippen LogP contribution is 2.42. The number of oxime groups is 1. The van der Waals surface area contributed by atoms with Gasteiger partial charge in [0, 0.05) is 30.1 Å². The number of aromatic nitrogens is 3. The molecule has 0 atom stereocenters. The molecular formula is C18H16N4OS3. The van der Waals surface area contributed by atoms with E-state index in [0.717, 1.165) is 49.7 Å². The number of aryl methyl sites for hydroxylation is 1. The molecule has 1 aliphatic heterocycles. The fraction of sp³-hybridized carbons (Fsp3) is 0.222. The van der Waals surface area contributed by atoms with Gasteiger partial charge in [-0.15, -0.1) is 34.4 Å². The molecule has 132 valence electrons. The third-order valence-corrected chi connectivity index (χ3v) is 7.39. The first-order valence-corrected chi connectivity index (χ1v) is 10.7. The predicted octanol–water partition coefficient (Wildman–Crippen LogP) is 5.04. The number of thioether (sulfide) groups is 1. The van der Waals surface area contributed by atoms with E-state index in [9.17, 15) is 0 Å². The average Bonchev–Trinajstić information content (AvgIpc) is 3.26. The van der Waals surface area contributed by atoms with Crippen molar-refractivity contribution >= 4 is 40.1 Å². The summed E-state index contributed by atoms with van der Waals surface area (Å²) in [5.74, 6) is 0.994. The monoisotopic (exact) mass is 400 g/mol. The Labute approximate surface area is 163 Å². The molecule has 5 nitrogen and oxygen atoms in total. The van der Waals surface area contributed by atoms with Crippen LogP contribution in [0.15, 0.2) is 46.5 Å². The van der Waals surface area contributed by atoms with Gasteiger partial charge in [0.05, 0.1) is 14.8 Å². The van der Waals surface area contributed by atoms with Crippen molar-refractivity contribution in [3.63, 3.8) is 0 Å². The van der Waals surface area contributed by atoms with Crippen LogP contribution in [-0.2, 0) is 4.84 Å². The van der Waals surface area contributed by atoms with E-state index in [0.29, 0.717) is 6.61 Å². The van der Waals surface area contributed by atoms with Crippen molar-refractivity contribution in [2.24, 2.45) is 5.16 Å². The van der Waals surface area contributed by atoms with Gasteiger partial charge in [-0.05, 0) is 19.1 Å². The lowest BCUT2D eigenvalue weighted by atomic mass is 10.2. The molecule has 26 heavy (non-hydrogen) atoms. The average molecular weight is 401 g/mol. The molecule has 3 aromatic heterocycles.